The summed E-state index contributed by atoms with van der Waals surface area (Å²) in [4.78, 5) is 17.7. The zero-order valence-electron chi connectivity index (χ0n) is 17.7. The number of pyridine rings is 1. The number of nitrogens with one attached hydrogen (secondary N) is 2. The number of piperidine rings is 1. The number of aryl methyl sites for hydroxylation is 1. The zero-order chi connectivity index (χ0) is 21.2. The van der Waals surface area contributed by atoms with Crippen LogP contribution in [0.1, 0.15) is 54.9 Å². The molecule has 0 amide bonds. The van der Waals surface area contributed by atoms with Crippen LogP contribution < -0.4 is 10.5 Å². The van der Waals surface area contributed by atoms with Crippen LogP contribution in [0.5, 0.6) is 0 Å². The van der Waals surface area contributed by atoms with E-state index < -0.39 is 0 Å². The number of nitrogens with zero attached hydrogens (tertiary/aromatic N) is 4. The highest BCUT2D eigenvalue weighted by molar-refractivity contribution is 5.79. The summed E-state index contributed by atoms with van der Waals surface area (Å²) in [6.07, 6.45) is 6.09. The Morgan fingerprint density at radius 1 is 1.19 bits per heavy atom. The fraction of sp³-hybridized carbons (Fsp3) is 0.391. The monoisotopic (exact) mass is 419 g/mol. The number of H-pyrrole nitrogens is 1. The van der Waals surface area contributed by atoms with Crippen LogP contribution in [0.3, 0.4) is 0 Å². The van der Waals surface area contributed by atoms with E-state index in [9.17, 15) is 4.79 Å². The lowest BCUT2D eigenvalue weighted by molar-refractivity contribution is -0.931. The Morgan fingerprint density at radius 3 is 2.84 bits per heavy atom. The molecule has 5 rings (SSSR count). The topological polar surface area (TPSA) is 94.0 Å². The number of aromatic amines is 1. The van der Waals surface area contributed by atoms with Crippen molar-refractivity contribution in [1.29, 1.82) is 0 Å². The normalized spacial score (nSPS) is 16.0. The average Bonchev–Trinajstić information content (AvgIpc) is 3.48. The summed E-state index contributed by atoms with van der Waals surface area (Å²) in [6, 6.07) is 11.8. The first kappa shape index (κ1) is 19.7. The molecule has 1 saturated heterocycles. The second kappa shape index (κ2) is 8.47. The number of aromatic nitrogens is 5. The Hall–Kier alpha value is -3.26. The van der Waals surface area contributed by atoms with Crippen molar-refractivity contribution in [2.45, 2.75) is 45.2 Å². The van der Waals surface area contributed by atoms with Crippen molar-refractivity contribution in [2.24, 2.45) is 0 Å². The maximum Gasteiger partial charge on any atom is 0.258 e. The molecule has 160 valence electrons. The highest BCUT2D eigenvalue weighted by Gasteiger charge is 2.35. The summed E-state index contributed by atoms with van der Waals surface area (Å²) in [5, 5.41) is 13.6. The van der Waals surface area contributed by atoms with Gasteiger partial charge in [0.05, 0.1) is 24.9 Å². The molecule has 1 aliphatic heterocycles. The maximum atomic E-state index is 13.2. The number of hydrogen-bond donors (Lipinski definition) is 2. The first-order chi connectivity index (χ1) is 15.2. The molecule has 8 heteroatoms. The highest BCUT2D eigenvalue weighted by Crippen LogP contribution is 2.21. The Morgan fingerprint density at radius 2 is 2.06 bits per heavy atom. The quantitative estimate of drug-likeness (QED) is 0.498. The predicted octanol–water partition coefficient (Wildman–Crippen LogP) is 1.88. The molecule has 0 spiro atoms. The van der Waals surface area contributed by atoms with Gasteiger partial charge in [0, 0.05) is 5.52 Å². The lowest BCUT2D eigenvalue weighted by Gasteiger charge is -2.30. The SMILES string of the molecule is CCc1ccc2[nH]c(=O)c([C@H](c3nnnn3Cc3ccco3)[NH+]3CCCCC3)cc2c1. The number of fused-ring (bicyclic) bond motifs is 1. The largest absolute Gasteiger partial charge is 0.467 e. The van der Waals surface area contributed by atoms with Gasteiger partial charge in [0.1, 0.15) is 12.3 Å². The third kappa shape index (κ3) is 3.90. The van der Waals surface area contributed by atoms with E-state index >= 15 is 0 Å². The van der Waals surface area contributed by atoms with E-state index in [0.717, 1.165) is 49.0 Å². The Bertz CT molecular complexity index is 1220. The van der Waals surface area contributed by atoms with Gasteiger partial charge in [0.15, 0.2) is 6.04 Å². The summed E-state index contributed by atoms with van der Waals surface area (Å²) in [6.45, 7) is 4.55. The van der Waals surface area contributed by atoms with E-state index in [0.29, 0.717) is 17.9 Å². The number of likely N-dealkylation sites (tertiary alicyclic amines) is 1. The van der Waals surface area contributed by atoms with Crippen LogP contribution in [0, 0.1) is 0 Å². The number of quaternary nitrogens is 1. The van der Waals surface area contributed by atoms with Crippen molar-refractivity contribution in [1.82, 2.24) is 25.2 Å². The van der Waals surface area contributed by atoms with E-state index in [2.05, 4.69) is 39.6 Å². The number of tetrazole rings is 1. The van der Waals surface area contributed by atoms with Crippen LogP contribution in [0.25, 0.3) is 10.9 Å². The molecule has 3 aromatic heterocycles. The molecule has 1 aliphatic rings. The summed E-state index contributed by atoms with van der Waals surface area (Å²) < 4.78 is 7.27. The van der Waals surface area contributed by atoms with Gasteiger partial charge >= 0.3 is 0 Å². The molecule has 1 aromatic carbocycles. The summed E-state index contributed by atoms with van der Waals surface area (Å²) in [7, 11) is 0. The van der Waals surface area contributed by atoms with Crippen LogP contribution in [0.15, 0.2) is 51.9 Å². The average molecular weight is 420 g/mol. The molecule has 0 saturated carbocycles. The molecule has 0 bridgehead atoms. The maximum absolute atomic E-state index is 13.2. The van der Waals surface area contributed by atoms with Gasteiger partial charge in [-0.3, -0.25) is 4.79 Å². The third-order valence-corrected chi connectivity index (χ3v) is 6.26. The molecule has 31 heavy (non-hydrogen) atoms. The molecule has 1 atom stereocenters. The van der Waals surface area contributed by atoms with E-state index in [1.54, 1.807) is 10.9 Å². The van der Waals surface area contributed by atoms with Crippen LogP contribution in [0.2, 0.25) is 0 Å². The van der Waals surface area contributed by atoms with Crippen LogP contribution in [0.4, 0.5) is 0 Å². The predicted molar refractivity (Wildman–Crippen MR) is 116 cm³/mol. The van der Waals surface area contributed by atoms with Crippen molar-refractivity contribution in [3.05, 3.63) is 75.7 Å². The Balaban J connectivity index is 1.63. The molecular weight excluding hydrogens is 392 g/mol. The zero-order valence-corrected chi connectivity index (χ0v) is 17.7. The minimum Gasteiger partial charge on any atom is -0.467 e. The summed E-state index contributed by atoms with van der Waals surface area (Å²) in [5.74, 6) is 1.48. The number of benzene rings is 1. The van der Waals surface area contributed by atoms with Gasteiger partial charge in [-0.2, -0.15) is 0 Å². The molecule has 4 heterocycles. The van der Waals surface area contributed by atoms with E-state index in [-0.39, 0.29) is 11.6 Å². The molecule has 1 fully saturated rings. The second-order valence-electron chi connectivity index (χ2n) is 8.25. The van der Waals surface area contributed by atoms with Crippen molar-refractivity contribution >= 4 is 10.9 Å². The van der Waals surface area contributed by atoms with Gasteiger partial charge in [0.25, 0.3) is 5.56 Å². The molecule has 8 nitrogen and oxygen atoms in total. The van der Waals surface area contributed by atoms with E-state index in [1.807, 2.05) is 24.3 Å². The van der Waals surface area contributed by atoms with Crippen LogP contribution in [-0.4, -0.2) is 38.3 Å². The molecule has 0 unspecified atom stereocenters. The van der Waals surface area contributed by atoms with Crippen molar-refractivity contribution in [3.63, 3.8) is 0 Å². The minimum atomic E-state index is -0.233. The summed E-state index contributed by atoms with van der Waals surface area (Å²) >= 11 is 0. The lowest BCUT2D eigenvalue weighted by atomic mass is 9.99. The molecule has 4 aromatic rings. The number of furan rings is 1. The van der Waals surface area contributed by atoms with E-state index in [1.165, 1.54) is 16.9 Å². The second-order valence-corrected chi connectivity index (χ2v) is 8.25. The Labute approximate surface area is 179 Å². The number of hydrogen-bond acceptors (Lipinski definition) is 5. The Kier molecular flexibility index (Phi) is 5.38. The summed E-state index contributed by atoms with van der Waals surface area (Å²) in [5.41, 5.74) is 2.74. The van der Waals surface area contributed by atoms with E-state index in [4.69, 9.17) is 4.42 Å². The molecule has 2 N–H and O–H groups in total. The molecule has 0 radical (unpaired) electrons. The van der Waals surface area contributed by atoms with Gasteiger partial charge < -0.3 is 14.3 Å². The number of rotatable bonds is 6. The fourth-order valence-corrected chi connectivity index (χ4v) is 4.62. The molecular formula is C23H27N6O2+. The first-order valence-corrected chi connectivity index (χ1v) is 11.0. The first-order valence-electron chi connectivity index (χ1n) is 11.0. The van der Waals surface area contributed by atoms with Gasteiger partial charge in [-0.1, -0.05) is 13.0 Å². The fourth-order valence-electron chi connectivity index (χ4n) is 4.62. The van der Waals surface area contributed by atoms with Crippen LogP contribution in [-0.2, 0) is 13.0 Å². The van der Waals surface area contributed by atoms with Crippen molar-refractivity contribution < 1.29 is 9.32 Å². The smallest absolute Gasteiger partial charge is 0.258 e. The minimum absolute atomic E-state index is 0.0765. The van der Waals surface area contributed by atoms with Crippen LogP contribution >= 0.6 is 0 Å². The van der Waals surface area contributed by atoms with Gasteiger partial charge in [0.2, 0.25) is 5.82 Å². The lowest BCUT2D eigenvalue weighted by Crippen LogP contribution is -3.13. The third-order valence-electron chi connectivity index (χ3n) is 6.26. The standard InChI is InChI=1S/C23H26N6O2/c1-2-16-8-9-20-17(13-16)14-19(23(30)24-20)21(28-10-4-3-5-11-28)22-25-26-27-29(22)15-18-7-6-12-31-18/h6-9,12-14,21H,2-5,10-11,15H2,1H3,(H,24,30)/p+1/t21-/m1/s1. The van der Waals surface area contributed by atoms with Gasteiger partial charge in [-0.25, -0.2) is 4.68 Å². The van der Waals surface area contributed by atoms with Gasteiger partial charge in [-0.05, 0) is 77.4 Å². The van der Waals surface area contributed by atoms with Gasteiger partial charge in [-0.15, -0.1) is 5.10 Å². The van der Waals surface area contributed by atoms with Crippen molar-refractivity contribution in [3.8, 4) is 0 Å². The highest BCUT2D eigenvalue weighted by atomic mass is 16.3. The molecule has 0 aliphatic carbocycles. The van der Waals surface area contributed by atoms with Crippen molar-refractivity contribution in [2.75, 3.05) is 13.1 Å².